The first-order valence-electron chi connectivity index (χ1n) is 5.09. The molecule has 0 spiro atoms. The smallest absolute Gasteiger partial charge is 0.130 e. The molecule has 0 aromatic carbocycles. The van der Waals surface area contributed by atoms with Gasteiger partial charge >= 0.3 is 0 Å². The summed E-state index contributed by atoms with van der Waals surface area (Å²) in [4.78, 5) is 6.54. The molecule has 1 atom stereocenters. The molecule has 0 saturated heterocycles. The van der Waals surface area contributed by atoms with Crippen LogP contribution in [0.3, 0.4) is 0 Å². The van der Waals surface area contributed by atoms with Crippen LogP contribution in [0.5, 0.6) is 5.75 Å². The summed E-state index contributed by atoms with van der Waals surface area (Å²) in [6, 6.07) is 2.14. The first-order chi connectivity index (χ1) is 7.10. The van der Waals surface area contributed by atoms with Gasteiger partial charge in [-0.25, -0.2) is 0 Å². The maximum absolute atomic E-state index is 5.83. The van der Waals surface area contributed by atoms with Crippen LogP contribution in [0.25, 0.3) is 0 Å². The van der Waals surface area contributed by atoms with Gasteiger partial charge < -0.3 is 4.74 Å². The highest BCUT2D eigenvalue weighted by Gasteiger charge is 2.12. The fourth-order valence-corrected chi connectivity index (χ4v) is 1.37. The van der Waals surface area contributed by atoms with E-state index in [2.05, 4.69) is 30.8 Å². The van der Waals surface area contributed by atoms with E-state index in [9.17, 15) is 0 Å². The third-order valence-electron chi connectivity index (χ3n) is 2.73. The zero-order valence-electron chi connectivity index (χ0n) is 9.82. The molecule has 15 heavy (non-hydrogen) atoms. The Balaban J connectivity index is 2.92. The molecule has 0 aliphatic carbocycles. The number of hydrogen-bond acceptors (Lipinski definition) is 3. The molecule has 0 unspecified atom stereocenters. The molecule has 0 aliphatic heterocycles. The number of nitrogens with zero attached hydrogens (tertiary/aromatic N) is 2. The van der Waals surface area contributed by atoms with Crippen LogP contribution in [0.1, 0.15) is 25.6 Å². The Bertz CT molecular complexity index is 330. The van der Waals surface area contributed by atoms with Gasteiger partial charge in [-0.2, -0.15) is 0 Å². The Morgan fingerprint density at radius 3 is 2.73 bits per heavy atom. The topological polar surface area (TPSA) is 25.4 Å². The molecule has 0 saturated carbocycles. The molecule has 0 fully saturated rings. The first-order valence-corrected chi connectivity index (χ1v) is 5.09. The van der Waals surface area contributed by atoms with Crippen LogP contribution in [-0.4, -0.2) is 38.4 Å². The highest BCUT2D eigenvalue weighted by Crippen LogP contribution is 2.16. The number of ether oxygens (including phenoxy) is 1. The molecule has 0 bridgehead atoms. The van der Waals surface area contributed by atoms with Gasteiger partial charge in [0.25, 0.3) is 0 Å². The maximum Gasteiger partial charge on any atom is 0.130 e. The van der Waals surface area contributed by atoms with Crippen LogP contribution in [-0.2, 0) is 0 Å². The molecular formula is C11H17BN2O. The Morgan fingerprint density at radius 2 is 2.27 bits per heavy atom. The lowest BCUT2D eigenvalue weighted by Gasteiger charge is -2.23. The van der Waals surface area contributed by atoms with E-state index in [1.54, 1.807) is 13.3 Å². The van der Waals surface area contributed by atoms with Crippen molar-refractivity contribution in [3.05, 3.63) is 18.0 Å². The minimum absolute atomic E-state index is 0.267. The van der Waals surface area contributed by atoms with Gasteiger partial charge in [0, 0.05) is 6.04 Å². The van der Waals surface area contributed by atoms with Gasteiger partial charge in [0.2, 0.25) is 0 Å². The zero-order chi connectivity index (χ0) is 11.4. The minimum Gasteiger partial charge on any atom is -0.496 e. The molecule has 1 aromatic rings. The third kappa shape index (κ3) is 2.72. The summed E-state index contributed by atoms with van der Waals surface area (Å²) in [5.74, 6) is 0.630. The molecule has 1 heterocycles. The van der Waals surface area contributed by atoms with Crippen molar-refractivity contribution in [3.63, 3.8) is 0 Å². The van der Waals surface area contributed by atoms with E-state index in [0.717, 1.165) is 12.2 Å². The average molecular weight is 204 g/mol. The normalized spacial score (nSPS) is 12.9. The molecule has 1 aromatic heterocycles. The molecule has 0 aliphatic rings. The molecule has 80 valence electrons. The van der Waals surface area contributed by atoms with E-state index in [-0.39, 0.29) is 6.04 Å². The minimum atomic E-state index is 0.267. The van der Waals surface area contributed by atoms with E-state index in [0.29, 0.717) is 11.2 Å². The van der Waals surface area contributed by atoms with Crippen molar-refractivity contribution in [2.24, 2.45) is 0 Å². The predicted molar refractivity (Wildman–Crippen MR) is 62.9 cm³/mol. The molecule has 1 rings (SSSR count). The maximum atomic E-state index is 5.83. The van der Waals surface area contributed by atoms with Crippen LogP contribution in [0.15, 0.2) is 12.3 Å². The second-order valence-corrected chi connectivity index (χ2v) is 3.60. The number of methoxy groups -OCH3 is 1. The average Bonchev–Trinajstić information content (AvgIpc) is 2.26. The van der Waals surface area contributed by atoms with Crippen molar-refractivity contribution in [2.45, 2.75) is 19.9 Å². The van der Waals surface area contributed by atoms with Crippen molar-refractivity contribution in [1.29, 1.82) is 0 Å². The lowest BCUT2D eigenvalue weighted by atomic mass is 9.94. The molecule has 2 radical (unpaired) electrons. The molecule has 0 amide bonds. The summed E-state index contributed by atoms with van der Waals surface area (Å²) >= 11 is 0. The van der Waals surface area contributed by atoms with Gasteiger partial charge in [0.05, 0.1) is 19.0 Å². The molecular weight excluding hydrogens is 187 g/mol. The van der Waals surface area contributed by atoms with Crippen LogP contribution < -0.4 is 10.2 Å². The summed E-state index contributed by atoms with van der Waals surface area (Å²) in [5.41, 5.74) is 1.61. The first kappa shape index (κ1) is 12.0. The van der Waals surface area contributed by atoms with E-state index >= 15 is 0 Å². The van der Waals surface area contributed by atoms with Crippen molar-refractivity contribution in [2.75, 3.05) is 20.7 Å². The van der Waals surface area contributed by atoms with E-state index in [4.69, 9.17) is 12.6 Å². The van der Waals surface area contributed by atoms with Gasteiger partial charge in [-0.15, -0.1) is 0 Å². The monoisotopic (exact) mass is 204 g/mol. The van der Waals surface area contributed by atoms with Crippen LogP contribution in [0.2, 0.25) is 0 Å². The second kappa shape index (κ2) is 5.17. The second-order valence-electron chi connectivity index (χ2n) is 3.60. The van der Waals surface area contributed by atoms with Crippen molar-refractivity contribution >= 4 is 13.3 Å². The highest BCUT2D eigenvalue weighted by molar-refractivity contribution is 6.34. The number of rotatable bonds is 4. The van der Waals surface area contributed by atoms with Gasteiger partial charge in [-0.3, -0.25) is 9.88 Å². The third-order valence-corrected chi connectivity index (χ3v) is 2.73. The SMILES string of the molecule is [B]c1cc([C@@H](C)N(C)CC)ncc1OC. The summed E-state index contributed by atoms with van der Waals surface area (Å²) in [7, 11) is 9.48. The fraction of sp³-hybridized carbons (Fsp3) is 0.545. The Morgan fingerprint density at radius 1 is 1.60 bits per heavy atom. The lowest BCUT2D eigenvalue weighted by molar-refractivity contribution is 0.271. The van der Waals surface area contributed by atoms with Gasteiger partial charge in [0.1, 0.15) is 13.6 Å². The zero-order valence-corrected chi connectivity index (χ0v) is 9.82. The van der Waals surface area contributed by atoms with Crippen molar-refractivity contribution in [1.82, 2.24) is 9.88 Å². The lowest BCUT2D eigenvalue weighted by Crippen LogP contribution is -2.24. The molecule has 3 nitrogen and oxygen atoms in total. The predicted octanol–water partition coefficient (Wildman–Crippen LogP) is 0.897. The number of aromatic nitrogens is 1. The summed E-state index contributed by atoms with van der Waals surface area (Å²) in [5, 5.41) is 0. The van der Waals surface area contributed by atoms with E-state index in [1.807, 2.05) is 6.07 Å². The summed E-state index contributed by atoms with van der Waals surface area (Å²) < 4.78 is 5.07. The van der Waals surface area contributed by atoms with Crippen LogP contribution in [0, 0.1) is 0 Å². The Hall–Kier alpha value is -1.03. The largest absolute Gasteiger partial charge is 0.496 e. The van der Waals surface area contributed by atoms with E-state index in [1.165, 1.54) is 0 Å². The Labute approximate surface area is 92.9 Å². The van der Waals surface area contributed by atoms with E-state index < -0.39 is 0 Å². The fourth-order valence-electron chi connectivity index (χ4n) is 1.37. The Kier molecular flexibility index (Phi) is 4.15. The van der Waals surface area contributed by atoms with Gasteiger partial charge in [-0.05, 0) is 26.6 Å². The number of hydrogen-bond donors (Lipinski definition) is 0. The van der Waals surface area contributed by atoms with Crippen molar-refractivity contribution < 1.29 is 4.74 Å². The summed E-state index contributed by atoms with van der Waals surface area (Å²) in [6.07, 6.45) is 1.67. The summed E-state index contributed by atoms with van der Waals surface area (Å²) in [6.45, 7) is 5.20. The van der Waals surface area contributed by atoms with Crippen LogP contribution in [0.4, 0.5) is 0 Å². The molecule has 4 heteroatoms. The molecule has 0 N–H and O–H groups in total. The van der Waals surface area contributed by atoms with Crippen LogP contribution >= 0.6 is 0 Å². The van der Waals surface area contributed by atoms with Gasteiger partial charge in [-0.1, -0.05) is 12.4 Å². The highest BCUT2D eigenvalue weighted by atomic mass is 16.5. The number of pyridine rings is 1. The standard InChI is InChI=1S/C11H17BN2O/c1-5-14(3)8(2)10-6-9(12)11(15-4)7-13-10/h6-8H,5H2,1-4H3/t8-/m1/s1. The quantitative estimate of drug-likeness (QED) is 0.681. The van der Waals surface area contributed by atoms with Gasteiger partial charge in [0.15, 0.2) is 0 Å². The van der Waals surface area contributed by atoms with Crippen molar-refractivity contribution in [3.8, 4) is 5.75 Å².